The molecule has 112 valence electrons. The number of fused-ring (bicyclic) bond motifs is 1. The van der Waals surface area contributed by atoms with Gasteiger partial charge in [-0.15, -0.1) is 0 Å². The van der Waals surface area contributed by atoms with E-state index in [2.05, 4.69) is 5.32 Å². The Kier molecular flexibility index (Phi) is 6.39. The lowest BCUT2D eigenvalue weighted by molar-refractivity contribution is 0.0901. The second kappa shape index (κ2) is 8.05. The van der Waals surface area contributed by atoms with E-state index in [1.165, 1.54) is 0 Å². The van der Waals surface area contributed by atoms with Crippen molar-refractivity contribution in [2.75, 3.05) is 33.0 Å². The molecule has 0 fully saturated rings. The van der Waals surface area contributed by atoms with Gasteiger partial charge in [0.1, 0.15) is 5.75 Å². The van der Waals surface area contributed by atoms with Crippen molar-refractivity contribution in [1.82, 2.24) is 5.32 Å². The zero-order valence-electron chi connectivity index (χ0n) is 11.2. The van der Waals surface area contributed by atoms with Crippen molar-refractivity contribution in [3.63, 3.8) is 0 Å². The van der Waals surface area contributed by atoms with Crippen molar-refractivity contribution < 1.29 is 14.6 Å². The molecule has 0 saturated carbocycles. The molecule has 0 saturated heterocycles. The molecule has 1 aromatic carbocycles. The minimum absolute atomic E-state index is 0.0672. The maximum atomic E-state index is 8.61. The molecule has 0 amide bonds. The molecule has 1 heterocycles. The summed E-state index contributed by atoms with van der Waals surface area (Å²) in [6, 6.07) is 3.81. The van der Waals surface area contributed by atoms with E-state index >= 15 is 0 Å². The summed E-state index contributed by atoms with van der Waals surface area (Å²) in [4.78, 5) is 0. The molecule has 1 unspecified atom stereocenters. The summed E-state index contributed by atoms with van der Waals surface area (Å²) in [5, 5.41) is 13.3. The van der Waals surface area contributed by atoms with Gasteiger partial charge in [0.05, 0.1) is 24.8 Å². The van der Waals surface area contributed by atoms with Crippen LogP contribution in [0.5, 0.6) is 5.75 Å². The van der Waals surface area contributed by atoms with Crippen LogP contribution in [0.15, 0.2) is 12.1 Å². The van der Waals surface area contributed by atoms with E-state index < -0.39 is 0 Å². The summed E-state index contributed by atoms with van der Waals surface area (Å²) in [5.41, 5.74) is 1.02. The van der Waals surface area contributed by atoms with Crippen LogP contribution >= 0.6 is 23.2 Å². The molecule has 1 aromatic rings. The standard InChI is InChI=1S/C14H19Cl2NO3/c15-10-8-11-13(17-3-1-5-19-7-4-18)2-6-20-14(11)12(16)9-10/h8-9,13,17-18H,1-7H2. The molecular formula is C14H19Cl2NO3. The van der Waals surface area contributed by atoms with E-state index in [0.717, 1.165) is 30.7 Å². The van der Waals surface area contributed by atoms with E-state index in [0.29, 0.717) is 29.9 Å². The molecule has 1 aliphatic rings. The topological polar surface area (TPSA) is 50.7 Å². The van der Waals surface area contributed by atoms with Crippen LogP contribution in [-0.4, -0.2) is 38.1 Å². The van der Waals surface area contributed by atoms with Gasteiger partial charge in [-0.2, -0.15) is 0 Å². The Bertz CT molecular complexity index is 443. The highest BCUT2D eigenvalue weighted by atomic mass is 35.5. The Morgan fingerprint density at radius 2 is 2.20 bits per heavy atom. The molecule has 4 nitrogen and oxygen atoms in total. The first-order valence-corrected chi connectivity index (χ1v) is 7.51. The lowest BCUT2D eigenvalue weighted by Crippen LogP contribution is -2.28. The lowest BCUT2D eigenvalue weighted by Gasteiger charge is -2.27. The number of aliphatic hydroxyl groups is 1. The van der Waals surface area contributed by atoms with Gasteiger partial charge in [-0.25, -0.2) is 0 Å². The molecular weight excluding hydrogens is 301 g/mol. The quantitative estimate of drug-likeness (QED) is 0.759. The van der Waals surface area contributed by atoms with Gasteiger partial charge in [0, 0.05) is 29.7 Å². The summed E-state index contributed by atoms with van der Waals surface area (Å²) in [6.07, 6.45) is 1.78. The molecule has 0 spiro atoms. The highest BCUT2D eigenvalue weighted by Crippen LogP contribution is 2.39. The Balaban J connectivity index is 1.88. The minimum atomic E-state index is 0.0672. The molecule has 0 bridgehead atoms. The van der Waals surface area contributed by atoms with Crippen LogP contribution in [0.1, 0.15) is 24.4 Å². The van der Waals surface area contributed by atoms with E-state index in [1.807, 2.05) is 6.07 Å². The van der Waals surface area contributed by atoms with Crippen LogP contribution in [0.4, 0.5) is 0 Å². The van der Waals surface area contributed by atoms with Crippen molar-refractivity contribution in [2.45, 2.75) is 18.9 Å². The Labute approximate surface area is 129 Å². The number of rotatable bonds is 7. The van der Waals surface area contributed by atoms with Crippen molar-refractivity contribution in [3.8, 4) is 5.75 Å². The van der Waals surface area contributed by atoms with Gasteiger partial charge in [-0.3, -0.25) is 0 Å². The molecule has 2 N–H and O–H groups in total. The van der Waals surface area contributed by atoms with Crippen molar-refractivity contribution in [1.29, 1.82) is 0 Å². The lowest BCUT2D eigenvalue weighted by atomic mass is 10.0. The minimum Gasteiger partial charge on any atom is -0.492 e. The molecule has 1 aliphatic heterocycles. The summed E-state index contributed by atoms with van der Waals surface area (Å²) in [6.45, 7) is 2.58. The van der Waals surface area contributed by atoms with Crippen molar-refractivity contribution in [3.05, 3.63) is 27.7 Å². The highest BCUT2D eigenvalue weighted by molar-refractivity contribution is 6.35. The number of nitrogens with one attached hydrogen (secondary N) is 1. The normalized spacial score (nSPS) is 17.6. The second-order valence-electron chi connectivity index (χ2n) is 4.64. The molecule has 20 heavy (non-hydrogen) atoms. The smallest absolute Gasteiger partial charge is 0.142 e. The van der Waals surface area contributed by atoms with Crippen LogP contribution in [0.3, 0.4) is 0 Å². The van der Waals surface area contributed by atoms with Gasteiger partial charge in [0.25, 0.3) is 0 Å². The van der Waals surface area contributed by atoms with Crippen molar-refractivity contribution in [2.24, 2.45) is 0 Å². The molecule has 6 heteroatoms. The first-order valence-electron chi connectivity index (χ1n) is 6.76. The summed E-state index contributed by atoms with van der Waals surface area (Å²) < 4.78 is 10.8. The zero-order chi connectivity index (χ0) is 14.4. The van der Waals surface area contributed by atoms with Gasteiger partial charge in [0.15, 0.2) is 0 Å². The predicted molar refractivity (Wildman–Crippen MR) is 79.8 cm³/mol. The number of hydrogen-bond acceptors (Lipinski definition) is 4. The fourth-order valence-corrected chi connectivity index (χ4v) is 2.82. The summed E-state index contributed by atoms with van der Waals surface area (Å²) in [5.74, 6) is 0.733. The van der Waals surface area contributed by atoms with E-state index in [9.17, 15) is 0 Å². The summed E-state index contributed by atoms with van der Waals surface area (Å²) in [7, 11) is 0. The Morgan fingerprint density at radius 1 is 1.35 bits per heavy atom. The average Bonchev–Trinajstić information content (AvgIpc) is 2.43. The van der Waals surface area contributed by atoms with Crippen molar-refractivity contribution >= 4 is 23.2 Å². The fourth-order valence-electron chi connectivity index (χ4n) is 2.25. The second-order valence-corrected chi connectivity index (χ2v) is 5.48. The third kappa shape index (κ3) is 4.24. The predicted octanol–water partition coefficient (Wildman–Crippen LogP) is 2.81. The number of benzene rings is 1. The number of ether oxygens (including phenoxy) is 2. The SMILES string of the molecule is OCCOCCCNC1CCOc2c(Cl)cc(Cl)cc21. The maximum absolute atomic E-state index is 8.61. The zero-order valence-corrected chi connectivity index (χ0v) is 12.7. The highest BCUT2D eigenvalue weighted by Gasteiger charge is 2.23. The number of hydrogen-bond donors (Lipinski definition) is 2. The van der Waals surface area contributed by atoms with Crippen LogP contribution in [0.2, 0.25) is 10.0 Å². The largest absolute Gasteiger partial charge is 0.492 e. The number of halogens is 2. The van der Waals surface area contributed by atoms with Crippen LogP contribution in [0.25, 0.3) is 0 Å². The molecule has 2 rings (SSSR count). The van der Waals surface area contributed by atoms with Gasteiger partial charge in [-0.05, 0) is 25.1 Å². The first kappa shape index (κ1) is 15.9. The Hall–Kier alpha value is -0.520. The Morgan fingerprint density at radius 3 is 3.00 bits per heavy atom. The van der Waals surface area contributed by atoms with Gasteiger partial charge < -0.3 is 19.9 Å². The van der Waals surface area contributed by atoms with Gasteiger partial charge in [-0.1, -0.05) is 23.2 Å². The number of aliphatic hydroxyl groups excluding tert-OH is 1. The monoisotopic (exact) mass is 319 g/mol. The fraction of sp³-hybridized carbons (Fsp3) is 0.571. The third-order valence-electron chi connectivity index (χ3n) is 3.16. The van der Waals surface area contributed by atoms with Gasteiger partial charge in [0.2, 0.25) is 0 Å². The molecule has 0 aliphatic carbocycles. The van der Waals surface area contributed by atoms with Gasteiger partial charge >= 0.3 is 0 Å². The van der Waals surface area contributed by atoms with Crippen LogP contribution < -0.4 is 10.1 Å². The van der Waals surface area contributed by atoms with E-state index in [1.54, 1.807) is 6.07 Å². The van der Waals surface area contributed by atoms with E-state index in [4.69, 9.17) is 37.8 Å². The third-order valence-corrected chi connectivity index (χ3v) is 3.66. The average molecular weight is 320 g/mol. The molecule has 0 aromatic heterocycles. The van der Waals surface area contributed by atoms with E-state index in [-0.39, 0.29) is 12.6 Å². The molecule has 1 atom stereocenters. The molecule has 0 radical (unpaired) electrons. The van der Waals surface area contributed by atoms with Crippen LogP contribution in [-0.2, 0) is 4.74 Å². The maximum Gasteiger partial charge on any atom is 0.142 e. The summed E-state index contributed by atoms with van der Waals surface area (Å²) >= 11 is 12.2. The first-order chi connectivity index (χ1) is 9.72. The van der Waals surface area contributed by atoms with Crippen LogP contribution in [0, 0.1) is 0 Å².